The Morgan fingerprint density at radius 1 is 1.21 bits per heavy atom. The van der Waals surface area contributed by atoms with E-state index in [2.05, 4.69) is 10.0 Å². The highest BCUT2D eigenvalue weighted by Gasteiger charge is 2.32. The second-order valence-electron chi connectivity index (χ2n) is 7.97. The first kappa shape index (κ1) is 22.1. The van der Waals surface area contributed by atoms with E-state index in [0.717, 1.165) is 18.9 Å². The number of rotatable bonds is 5. The van der Waals surface area contributed by atoms with Crippen molar-refractivity contribution in [2.75, 3.05) is 0 Å². The molecular weight excluding hydrogens is 386 g/mol. The van der Waals surface area contributed by atoms with Crippen molar-refractivity contribution >= 4 is 21.8 Å². The van der Waals surface area contributed by atoms with Crippen molar-refractivity contribution in [3.05, 3.63) is 33.9 Å². The van der Waals surface area contributed by atoms with Crippen LogP contribution >= 0.6 is 0 Å². The number of ether oxygens (including phenoxy) is 1. The molecule has 1 amide bonds. The van der Waals surface area contributed by atoms with E-state index in [0.29, 0.717) is 18.4 Å². The summed E-state index contributed by atoms with van der Waals surface area (Å²) in [5.41, 5.74) is -0.532. The standard InChI is InChI=1S/C18H27N3O6S/c1-12-9-10-13(11-16(12)21(23)24)28(25,26)20-15-8-6-5-7-14(15)19-17(22)27-18(2,3)4/h9-11,14-15,20H,5-8H2,1-4H3,(H,19,22)/t14-,15-/m1/s1. The van der Waals surface area contributed by atoms with Gasteiger partial charge in [0.05, 0.1) is 9.82 Å². The minimum atomic E-state index is -3.98. The van der Waals surface area contributed by atoms with E-state index in [4.69, 9.17) is 4.74 Å². The summed E-state index contributed by atoms with van der Waals surface area (Å²) in [7, 11) is -3.98. The van der Waals surface area contributed by atoms with Crippen LogP contribution in [-0.2, 0) is 14.8 Å². The van der Waals surface area contributed by atoms with Crippen LogP contribution in [0.3, 0.4) is 0 Å². The highest BCUT2D eigenvalue weighted by molar-refractivity contribution is 7.89. The number of alkyl carbamates (subject to hydrolysis) is 1. The zero-order chi connectivity index (χ0) is 21.1. The summed E-state index contributed by atoms with van der Waals surface area (Å²) in [5.74, 6) is 0. The smallest absolute Gasteiger partial charge is 0.407 e. The molecule has 0 aliphatic heterocycles. The molecule has 28 heavy (non-hydrogen) atoms. The fraction of sp³-hybridized carbons (Fsp3) is 0.611. The lowest BCUT2D eigenvalue weighted by molar-refractivity contribution is -0.385. The maximum Gasteiger partial charge on any atom is 0.407 e. The number of carbonyl (C=O) groups is 1. The van der Waals surface area contributed by atoms with Gasteiger partial charge in [-0.15, -0.1) is 0 Å². The van der Waals surface area contributed by atoms with Crippen molar-refractivity contribution in [3.8, 4) is 0 Å². The Morgan fingerprint density at radius 2 is 1.82 bits per heavy atom. The fourth-order valence-corrected chi connectivity index (χ4v) is 4.45. The largest absolute Gasteiger partial charge is 0.444 e. The number of benzene rings is 1. The van der Waals surface area contributed by atoms with Gasteiger partial charge in [0.15, 0.2) is 0 Å². The van der Waals surface area contributed by atoms with E-state index >= 15 is 0 Å². The number of nitro groups is 1. The second-order valence-corrected chi connectivity index (χ2v) is 9.68. The van der Waals surface area contributed by atoms with Gasteiger partial charge in [0, 0.05) is 23.7 Å². The molecule has 2 atom stereocenters. The zero-order valence-electron chi connectivity index (χ0n) is 16.5. The molecule has 1 saturated carbocycles. The number of amides is 1. The third-order valence-electron chi connectivity index (χ3n) is 4.46. The molecule has 9 nitrogen and oxygen atoms in total. The Morgan fingerprint density at radius 3 is 2.39 bits per heavy atom. The number of hydrogen-bond donors (Lipinski definition) is 2. The van der Waals surface area contributed by atoms with Gasteiger partial charge < -0.3 is 10.1 Å². The molecule has 0 radical (unpaired) electrons. The molecule has 1 aliphatic rings. The molecule has 2 rings (SSSR count). The van der Waals surface area contributed by atoms with E-state index in [1.54, 1.807) is 27.7 Å². The summed E-state index contributed by atoms with van der Waals surface area (Å²) in [6.07, 6.45) is 2.23. The molecule has 2 N–H and O–H groups in total. The number of carbonyl (C=O) groups excluding carboxylic acids is 1. The van der Waals surface area contributed by atoms with Crippen molar-refractivity contribution in [1.29, 1.82) is 0 Å². The molecule has 1 aliphatic carbocycles. The highest BCUT2D eigenvalue weighted by Crippen LogP contribution is 2.25. The number of hydrogen-bond acceptors (Lipinski definition) is 6. The van der Waals surface area contributed by atoms with Crippen molar-refractivity contribution < 1.29 is 22.9 Å². The first-order valence-electron chi connectivity index (χ1n) is 9.16. The molecular formula is C18H27N3O6S. The molecule has 0 saturated heterocycles. The summed E-state index contributed by atoms with van der Waals surface area (Å²) in [4.78, 5) is 22.4. The number of aryl methyl sites for hydroxylation is 1. The van der Waals surface area contributed by atoms with Gasteiger partial charge in [0.2, 0.25) is 10.0 Å². The van der Waals surface area contributed by atoms with Crippen LogP contribution in [-0.4, -0.2) is 37.1 Å². The first-order chi connectivity index (χ1) is 12.9. The summed E-state index contributed by atoms with van der Waals surface area (Å²) < 4.78 is 33.4. The Hall–Kier alpha value is -2.20. The molecule has 156 valence electrons. The summed E-state index contributed by atoms with van der Waals surface area (Å²) in [5, 5.41) is 13.8. The lowest BCUT2D eigenvalue weighted by atomic mass is 9.91. The minimum absolute atomic E-state index is 0.175. The predicted octanol–water partition coefficient (Wildman–Crippen LogP) is 3.02. The number of nitrogens with zero attached hydrogens (tertiary/aromatic N) is 1. The van der Waals surface area contributed by atoms with E-state index < -0.39 is 38.7 Å². The molecule has 10 heteroatoms. The van der Waals surface area contributed by atoms with Crippen LogP contribution in [0, 0.1) is 17.0 Å². The molecule has 0 bridgehead atoms. The molecule has 0 spiro atoms. The third-order valence-corrected chi connectivity index (χ3v) is 5.95. The van der Waals surface area contributed by atoms with Gasteiger partial charge >= 0.3 is 6.09 Å². The lowest BCUT2D eigenvalue weighted by Crippen LogP contribution is -2.53. The van der Waals surface area contributed by atoms with Crippen LogP contribution in [0.5, 0.6) is 0 Å². The molecule has 1 fully saturated rings. The van der Waals surface area contributed by atoms with Gasteiger partial charge in [-0.25, -0.2) is 17.9 Å². The molecule has 0 aromatic heterocycles. The van der Waals surface area contributed by atoms with Crippen LogP contribution < -0.4 is 10.0 Å². The van der Waals surface area contributed by atoms with Crippen molar-refractivity contribution in [1.82, 2.24) is 10.0 Å². The minimum Gasteiger partial charge on any atom is -0.444 e. The second kappa shape index (κ2) is 8.44. The summed E-state index contributed by atoms with van der Waals surface area (Å²) >= 11 is 0. The Kier molecular flexibility index (Phi) is 6.66. The third kappa shape index (κ3) is 5.90. The number of sulfonamides is 1. The quantitative estimate of drug-likeness (QED) is 0.564. The molecule has 1 aromatic carbocycles. The van der Waals surface area contributed by atoms with Gasteiger partial charge in [0.25, 0.3) is 5.69 Å². The van der Waals surface area contributed by atoms with Crippen LogP contribution in [0.1, 0.15) is 52.0 Å². The first-order valence-corrected chi connectivity index (χ1v) is 10.6. The van der Waals surface area contributed by atoms with E-state index in [1.165, 1.54) is 12.1 Å². The maximum atomic E-state index is 12.8. The maximum absolute atomic E-state index is 12.8. The Labute approximate surface area is 165 Å². The number of nitro benzene ring substituents is 1. The summed E-state index contributed by atoms with van der Waals surface area (Å²) in [6.45, 7) is 6.79. The van der Waals surface area contributed by atoms with E-state index in [9.17, 15) is 23.3 Å². The SMILES string of the molecule is Cc1ccc(S(=O)(=O)N[C@@H]2CCCC[C@H]2NC(=O)OC(C)(C)C)cc1[N+](=O)[O-]. The predicted molar refractivity (Wildman–Crippen MR) is 104 cm³/mol. The van der Waals surface area contributed by atoms with Crippen LogP contribution in [0.25, 0.3) is 0 Å². The van der Waals surface area contributed by atoms with Gasteiger partial charge in [-0.1, -0.05) is 18.9 Å². The molecule has 1 aromatic rings. The highest BCUT2D eigenvalue weighted by atomic mass is 32.2. The van der Waals surface area contributed by atoms with Gasteiger partial charge in [0.1, 0.15) is 5.60 Å². The van der Waals surface area contributed by atoms with Crippen molar-refractivity contribution in [3.63, 3.8) is 0 Å². The fourth-order valence-electron chi connectivity index (χ4n) is 3.12. The molecule has 0 unspecified atom stereocenters. The topological polar surface area (TPSA) is 128 Å². The molecule has 0 heterocycles. The zero-order valence-corrected chi connectivity index (χ0v) is 17.3. The van der Waals surface area contributed by atoms with Crippen molar-refractivity contribution in [2.24, 2.45) is 0 Å². The monoisotopic (exact) mass is 413 g/mol. The average Bonchev–Trinajstić information content (AvgIpc) is 2.54. The lowest BCUT2D eigenvalue weighted by Gasteiger charge is -2.33. The van der Waals surface area contributed by atoms with Crippen LogP contribution in [0.4, 0.5) is 10.5 Å². The normalized spacial score (nSPS) is 20.4. The van der Waals surface area contributed by atoms with Gasteiger partial charge in [-0.3, -0.25) is 10.1 Å². The Balaban J connectivity index is 2.17. The average molecular weight is 413 g/mol. The van der Waals surface area contributed by atoms with E-state index in [1.807, 2.05) is 0 Å². The summed E-state index contributed by atoms with van der Waals surface area (Å²) in [6, 6.07) is 2.86. The van der Waals surface area contributed by atoms with E-state index in [-0.39, 0.29) is 10.6 Å². The van der Waals surface area contributed by atoms with Gasteiger partial charge in [-0.05, 0) is 46.6 Å². The van der Waals surface area contributed by atoms with Crippen molar-refractivity contribution in [2.45, 2.75) is 76.0 Å². The van der Waals surface area contributed by atoms with Crippen LogP contribution in [0.2, 0.25) is 0 Å². The van der Waals surface area contributed by atoms with Gasteiger partial charge in [-0.2, -0.15) is 0 Å². The number of nitrogens with one attached hydrogen (secondary N) is 2. The van der Waals surface area contributed by atoms with Crippen LogP contribution in [0.15, 0.2) is 23.1 Å². The Bertz CT molecular complexity index is 847.